The third kappa shape index (κ3) is 5.31. The first-order valence-electron chi connectivity index (χ1n) is 6.33. The van der Waals surface area contributed by atoms with Gasteiger partial charge in [0.05, 0.1) is 0 Å². The Hall–Kier alpha value is -0.900. The maximum Gasteiger partial charge on any atom is 0.106 e. The van der Waals surface area contributed by atoms with Crippen molar-refractivity contribution in [1.29, 1.82) is 0 Å². The Morgan fingerprint density at radius 3 is 1.42 bits per heavy atom. The molecule has 0 amide bonds. The molecular formula is C16H18OS2. The summed E-state index contributed by atoms with van der Waals surface area (Å²) in [5.41, 5.74) is 0.294. The summed E-state index contributed by atoms with van der Waals surface area (Å²) < 4.78 is 5.98. The molecule has 0 fully saturated rings. The van der Waals surface area contributed by atoms with E-state index in [-0.39, 0.29) is 10.9 Å². The third-order valence-corrected chi connectivity index (χ3v) is 4.45. The van der Waals surface area contributed by atoms with Gasteiger partial charge < -0.3 is 4.74 Å². The molecule has 0 spiro atoms. The van der Waals surface area contributed by atoms with Crippen LogP contribution >= 0.6 is 23.5 Å². The molecule has 0 aliphatic rings. The van der Waals surface area contributed by atoms with Crippen LogP contribution in [-0.2, 0) is 4.74 Å². The molecule has 0 heterocycles. The highest BCUT2D eigenvalue weighted by atomic mass is 32.2. The minimum Gasteiger partial charge on any atom is -0.354 e. The second-order valence-electron chi connectivity index (χ2n) is 4.13. The van der Waals surface area contributed by atoms with Crippen LogP contribution < -0.4 is 0 Å². The Bertz CT molecular complexity index is 427. The number of thioether (sulfide) groups is 2. The van der Waals surface area contributed by atoms with E-state index < -0.39 is 0 Å². The quantitative estimate of drug-likeness (QED) is 0.529. The average Bonchev–Trinajstić information content (AvgIpc) is 2.40. The molecule has 0 N–H and O–H groups in total. The first kappa shape index (κ1) is 14.5. The predicted octanol–water partition coefficient (Wildman–Crippen LogP) is 5.28. The van der Waals surface area contributed by atoms with E-state index in [0.717, 1.165) is 0 Å². The molecule has 0 saturated heterocycles. The fourth-order valence-corrected chi connectivity index (χ4v) is 3.62. The molecule has 19 heavy (non-hydrogen) atoms. The smallest absolute Gasteiger partial charge is 0.106 e. The van der Waals surface area contributed by atoms with Gasteiger partial charge in [-0.15, -0.1) is 0 Å². The van der Waals surface area contributed by atoms with Crippen LogP contribution in [0.15, 0.2) is 70.5 Å². The molecule has 0 radical (unpaired) electrons. The van der Waals surface area contributed by atoms with E-state index in [1.165, 1.54) is 9.79 Å². The molecule has 0 bridgehead atoms. The molecule has 2 atom stereocenters. The lowest BCUT2D eigenvalue weighted by atomic mass is 10.4. The van der Waals surface area contributed by atoms with Crippen LogP contribution in [0.5, 0.6) is 0 Å². The van der Waals surface area contributed by atoms with Crippen molar-refractivity contribution < 1.29 is 4.74 Å². The highest BCUT2D eigenvalue weighted by Gasteiger charge is 2.11. The van der Waals surface area contributed by atoms with Gasteiger partial charge in [-0.25, -0.2) is 0 Å². The van der Waals surface area contributed by atoms with Gasteiger partial charge in [0.2, 0.25) is 0 Å². The van der Waals surface area contributed by atoms with Gasteiger partial charge in [-0.3, -0.25) is 0 Å². The maximum absolute atomic E-state index is 5.98. The lowest BCUT2D eigenvalue weighted by molar-refractivity contribution is 0.114. The number of benzene rings is 2. The monoisotopic (exact) mass is 290 g/mol. The molecular weight excluding hydrogens is 272 g/mol. The molecule has 0 aliphatic carbocycles. The fraction of sp³-hybridized carbons (Fsp3) is 0.250. The Balaban J connectivity index is 1.80. The van der Waals surface area contributed by atoms with Gasteiger partial charge in [0, 0.05) is 9.79 Å². The Morgan fingerprint density at radius 2 is 1.05 bits per heavy atom. The van der Waals surface area contributed by atoms with Crippen molar-refractivity contribution in [3.05, 3.63) is 60.7 Å². The van der Waals surface area contributed by atoms with Crippen molar-refractivity contribution in [1.82, 2.24) is 0 Å². The number of hydrogen-bond donors (Lipinski definition) is 0. The van der Waals surface area contributed by atoms with E-state index in [9.17, 15) is 0 Å². The van der Waals surface area contributed by atoms with Crippen LogP contribution in [0.3, 0.4) is 0 Å². The number of ether oxygens (including phenoxy) is 1. The third-order valence-electron chi connectivity index (χ3n) is 2.47. The lowest BCUT2D eigenvalue weighted by Gasteiger charge is -2.18. The van der Waals surface area contributed by atoms with Crippen molar-refractivity contribution in [2.45, 2.75) is 34.5 Å². The Morgan fingerprint density at radius 1 is 0.684 bits per heavy atom. The maximum atomic E-state index is 5.98. The average molecular weight is 290 g/mol. The second kappa shape index (κ2) is 7.63. The summed E-state index contributed by atoms with van der Waals surface area (Å²) in [4.78, 5) is 2.49. The molecule has 0 aliphatic heterocycles. The van der Waals surface area contributed by atoms with Gasteiger partial charge in [-0.1, -0.05) is 59.9 Å². The zero-order chi connectivity index (χ0) is 13.5. The summed E-state index contributed by atoms with van der Waals surface area (Å²) in [5.74, 6) is 0. The van der Waals surface area contributed by atoms with E-state index in [1.807, 2.05) is 12.1 Å². The van der Waals surface area contributed by atoms with Crippen molar-refractivity contribution in [2.24, 2.45) is 0 Å². The highest BCUT2D eigenvalue weighted by Crippen LogP contribution is 2.29. The molecule has 3 heteroatoms. The molecule has 2 rings (SSSR count). The molecule has 2 aromatic rings. The molecule has 2 aromatic carbocycles. The predicted molar refractivity (Wildman–Crippen MR) is 84.6 cm³/mol. The van der Waals surface area contributed by atoms with Crippen molar-refractivity contribution >= 4 is 23.5 Å². The van der Waals surface area contributed by atoms with Gasteiger partial charge in [0.15, 0.2) is 0 Å². The second-order valence-corrected chi connectivity index (χ2v) is 6.88. The highest BCUT2D eigenvalue weighted by molar-refractivity contribution is 8.00. The Kier molecular flexibility index (Phi) is 5.83. The van der Waals surface area contributed by atoms with Crippen LogP contribution in [0.25, 0.3) is 0 Å². The normalized spacial score (nSPS) is 14.0. The van der Waals surface area contributed by atoms with E-state index in [2.05, 4.69) is 62.4 Å². The molecule has 0 aromatic heterocycles. The van der Waals surface area contributed by atoms with Crippen LogP contribution in [0.1, 0.15) is 13.8 Å². The summed E-state index contributed by atoms with van der Waals surface area (Å²) in [6.07, 6.45) is 0. The lowest BCUT2D eigenvalue weighted by Crippen LogP contribution is -2.10. The van der Waals surface area contributed by atoms with Crippen molar-refractivity contribution in [3.8, 4) is 0 Å². The van der Waals surface area contributed by atoms with Crippen LogP contribution in [0, 0.1) is 0 Å². The van der Waals surface area contributed by atoms with Gasteiger partial charge in [-0.05, 0) is 38.1 Å². The van der Waals surface area contributed by atoms with Crippen LogP contribution in [-0.4, -0.2) is 10.9 Å². The summed E-state index contributed by atoms with van der Waals surface area (Å²) in [7, 11) is 0. The van der Waals surface area contributed by atoms with E-state index in [1.54, 1.807) is 23.5 Å². The summed E-state index contributed by atoms with van der Waals surface area (Å²) in [6.45, 7) is 4.19. The zero-order valence-electron chi connectivity index (χ0n) is 11.2. The number of rotatable bonds is 6. The van der Waals surface area contributed by atoms with E-state index in [0.29, 0.717) is 0 Å². The summed E-state index contributed by atoms with van der Waals surface area (Å²) in [5, 5.41) is 0. The van der Waals surface area contributed by atoms with E-state index >= 15 is 0 Å². The minimum atomic E-state index is 0.147. The fourth-order valence-electron chi connectivity index (χ4n) is 1.71. The van der Waals surface area contributed by atoms with E-state index in [4.69, 9.17) is 4.74 Å². The molecule has 0 saturated carbocycles. The van der Waals surface area contributed by atoms with Crippen molar-refractivity contribution in [3.63, 3.8) is 0 Å². The standard InChI is InChI=1S/C16H18OS2/c1-13(18-15-9-5-3-6-10-15)17-14(2)19-16-11-7-4-8-12-16/h3-14H,1-2H3. The topological polar surface area (TPSA) is 9.23 Å². The van der Waals surface area contributed by atoms with Gasteiger partial charge in [-0.2, -0.15) is 0 Å². The van der Waals surface area contributed by atoms with Crippen molar-refractivity contribution in [2.75, 3.05) is 0 Å². The number of hydrogen-bond acceptors (Lipinski definition) is 3. The van der Waals surface area contributed by atoms with Gasteiger partial charge >= 0.3 is 0 Å². The Labute approximate surface area is 123 Å². The largest absolute Gasteiger partial charge is 0.354 e. The SMILES string of the molecule is CC(OC(C)Sc1ccccc1)Sc1ccccc1. The molecule has 2 unspecified atom stereocenters. The summed E-state index contributed by atoms with van der Waals surface area (Å²) in [6, 6.07) is 20.7. The first-order valence-corrected chi connectivity index (χ1v) is 8.09. The van der Waals surface area contributed by atoms with Crippen LogP contribution in [0.2, 0.25) is 0 Å². The van der Waals surface area contributed by atoms with Crippen LogP contribution in [0.4, 0.5) is 0 Å². The molecule has 100 valence electrons. The first-order chi connectivity index (χ1) is 9.24. The minimum absolute atomic E-state index is 0.147. The zero-order valence-corrected chi connectivity index (χ0v) is 12.8. The van der Waals surface area contributed by atoms with Gasteiger partial charge in [0.25, 0.3) is 0 Å². The molecule has 1 nitrogen and oxygen atoms in total. The summed E-state index contributed by atoms with van der Waals surface area (Å²) >= 11 is 3.49. The van der Waals surface area contributed by atoms with Gasteiger partial charge in [0.1, 0.15) is 10.9 Å².